The first-order valence-electron chi connectivity index (χ1n) is 15.1. The van der Waals surface area contributed by atoms with Crippen LogP contribution in [-0.2, 0) is 9.59 Å². The molecule has 1 spiro atoms. The molecule has 0 aromatic carbocycles. The minimum absolute atomic E-state index is 0.0472. The van der Waals surface area contributed by atoms with Gasteiger partial charge in [0.05, 0.1) is 5.57 Å². The Morgan fingerprint density at radius 3 is 2.30 bits per heavy atom. The number of carbonyl (C=O) groups is 2. The van der Waals surface area contributed by atoms with Crippen LogP contribution in [0.3, 0.4) is 0 Å². The van der Waals surface area contributed by atoms with Gasteiger partial charge in [0, 0.05) is 29.3 Å². The molecule has 0 aliphatic heterocycles. The molecule has 4 fully saturated rings. The van der Waals surface area contributed by atoms with E-state index in [1.807, 2.05) is 32.2 Å². The van der Waals surface area contributed by atoms with Gasteiger partial charge < -0.3 is 5.32 Å². The third-order valence-electron chi connectivity index (χ3n) is 13.3. The molecular formula is C33H43N5O2. The third-order valence-corrected chi connectivity index (χ3v) is 13.3. The van der Waals surface area contributed by atoms with Crippen molar-refractivity contribution in [2.75, 3.05) is 7.05 Å². The average molecular weight is 542 g/mol. The lowest BCUT2D eigenvalue weighted by Gasteiger charge is -2.69. The lowest BCUT2D eigenvalue weighted by Crippen LogP contribution is -2.70. The standard InChI is InChI=1S/C33H43N5O2/c1-28(2)23-7-8-30(4)24(29(23,3)16-20(18-34)26(28)40)15-22(39)25-21-17-32(10-11-32)12-14-33(21,13-9-31(25,30)5)38-27(36-6)37-19-35/h15-16,21,23,25H,7-14,17H2,1-6H3,(H2,36,37,38)/t21-,23-,25-,29-,30+,31+,33+/m0/s1. The SMILES string of the molecule is CN=C(NC#N)N[C@]12CCC3(CC3)C[C@H]1[C@H]1C(=O)C=C3[C@@]4(C)C=C(C#N)C(=O)C(C)(C)[C@@H]4CC[C@@]3(C)[C@]1(C)CC2. The van der Waals surface area contributed by atoms with Gasteiger partial charge in [-0.1, -0.05) is 46.3 Å². The monoisotopic (exact) mass is 541 g/mol. The summed E-state index contributed by atoms with van der Waals surface area (Å²) >= 11 is 0. The van der Waals surface area contributed by atoms with Crippen LogP contribution < -0.4 is 10.6 Å². The van der Waals surface area contributed by atoms with Crippen LogP contribution >= 0.6 is 0 Å². The van der Waals surface area contributed by atoms with Gasteiger partial charge in [-0.05, 0) is 91.9 Å². The second kappa shape index (κ2) is 8.31. The Bertz CT molecular complexity index is 1370. The van der Waals surface area contributed by atoms with Crippen LogP contribution in [-0.4, -0.2) is 30.1 Å². The van der Waals surface area contributed by atoms with Gasteiger partial charge in [-0.15, -0.1) is 0 Å². The number of nitriles is 2. The Labute approximate surface area is 238 Å². The van der Waals surface area contributed by atoms with Gasteiger partial charge in [0.2, 0.25) is 5.96 Å². The number of Topliss-reactive ketones (excluding diaryl/α,β-unsaturated/α-hetero) is 1. The van der Waals surface area contributed by atoms with Gasteiger partial charge in [-0.25, -0.2) is 0 Å². The van der Waals surface area contributed by atoms with E-state index >= 15 is 0 Å². The molecule has 0 radical (unpaired) electrons. The highest BCUT2D eigenvalue weighted by Gasteiger charge is 2.71. The number of aliphatic imine (C=N–C) groups is 1. The highest BCUT2D eigenvalue weighted by Crippen LogP contribution is 2.74. The zero-order valence-electron chi connectivity index (χ0n) is 24.9. The van der Waals surface area contributed by atoms with Crippen molar-refractivity contribution in [3.63, 3.8) is 0 Å². The molecule has 6 aliphatic rings. The van der Waals surface area contributed by atoms with E-state index in [0.717, 1.165) is 50.5 Å². The van der Waals surface area contributed by atoms with Crippen LogP contribution in [0, 0.1) is 67.6 Å². The Balaban J connectivity index is 1.49. The van der Waals surface area contributed by atoms with E-state index in [1.54, 1.807) is 7.05 Å². The summed E-state index contributed by atoms with van der Waals surface area (Å²) in [5.41, 5.74) is -0.201. The van der Waals surface area contributed by atoms with Gasteiger partial charge in [0.1, 0.15) is 6.07 Å². The molecular weight excluding hydrogens is 498 g/mol. The number of nitrogens with zero attached hydrogens (tertiary/aromatic N) is 3. The van der Waals surface area contributed by atoms with Crippen molar-refractivity contribution in [2.45, 2.75) is 97.9 Å². The van der Waals surface area contributed by atoms with E-state index in [4.69, 9.17) is 0 Å². The Morgan fingerprint density at radius 2 is 1.68 bits per heavy atom. The maximum atomic E-state index is 14.6. The minimum Gasteiger partial charge on any atom is -0.350 e. The molecule has 4 saturated carbocycles. The second-order valence-electron chi connectivity index (χ2n) is 15.2. The predicted molar refractivity (Wildman–Crippen MR) is 152 cm³/mol. The lowest BCUT2D eigenvalue weighted by molar-refractivity contribution is -0.158. The van der Waals surface area contributed by atoms with Crippen molar-refractivity contribution in [3.8, 4) is 12.3 Å². The fraction of sp³-hybridized carbons (Fsp3) is 0.727. The molecule has 40 heavy (non-hydrogen) atoms. The molecule has 6 rings (SSSR count). The van der Waals surface area contributed by atoms with Crippen molar-refractivity contribution >= 4 is 17.5 Å². The van der Waals surface area contributed by atoms with E-state index in [9.17, 15) is 20.1 Å². The smallest absolute Gasteiger partial charge is 0.204 e. The molecule has 6 aliphatic carbocycles. The number of fused-ring (bicyclic) bond motifs is 7. The molecule has 7 nitrogen and oxygen atoms in total. The summed E-state index contributed by atoms with van der Waals surface area (Å²) in [4.78, 5) is 32.2. The molecule has 7 heteroatoms. The van der Waals surface area contributed by atoms with Crippen LogP contribution in [0.1, 0.15) is 92.4 Å². The molecule has 0 aromatic heterocycles. The van der Waals surface area contributed by atoms with Crippen molar-refractivity contribution in [1.29, 1.82) is 10.5 Å². The molecule has 7 atom stereocenters. The molecule has 0 heterocycles. The van der Waals surface area contributed by atoms with Crippen molar-refractivity contribution in [2.24, 2.45) is 49.8 Å². The zero-order valence-corrected chi connectivity index (χ0v) is 24.9. The summed E-state index contributed by atoms with van der Waals surface area (Å²) in [6, 6.07) is 2.20. The number of ketones is 2. The van der Waals surface area contributed by atoms with Gasteiger partial charge in [-0.3, -0.25) is 19.9 Å². The van der Waals surface area contributed by atoms with Gasteiger partial charge in [-0.2, -0.15) is 10.5 Å². The van der Waals surface area contributed by atoms with Gasteiger partial charge in [0.25, 0.3) is 0 Å². The minimum atomic E-state index is -0.658. The quantitative estimate of drug-likeness (QED) is 0.200. The summed E-state index contributed by atoms with van der Waals surface area (Å²) in [6.45, 7) is 10.9. The lowest BCUT2D eigenvalue weighted by atomic mass is 9.35. The fourth-order valence-corrected chi connectivity index (χ4v) is 10.7. The number of allylic oxidation sites excluding steroid dienone is 4. The molecule has 0 saturated heterocycles. The van der Waals surface area contributed by atoms with Gasteiger partial charge >= 0.3 is 0 Å². The predicted octanol–water partition coefficient (Wildman–Crippen LogP) is 5.36. The van der Waals surface area contributed by atoms with E-state index in [0.29, 0.717) is 11.4 Å². The maximum absolute atomic E-state index is 14.6. The van der Waals surface area contributed by atoms with E-state index < -0.39 is 10.8 Å². The molecule has 212 valence electrons. The van der Waals surface area contributed by atoms with Crippen LogP contribution in [0.4, 0.5) is 0 Å². The first kappa shape index (κ1) is 27.3. The van der Waals surface area contributed by atoms with Crippen molar-refractivity contribution in [1.82, 2.24) is 10.6 Å². The van der Waals surface area contributed by atoms with Gasteiger partial charge in [0.15, 0.2) is 17.8 Å². The first-order chi connectivity index (χ1) is 18.8. The Hall–Kier alpha value is -2.93. The normalized spacial score (nSPS) is 44.4. The number of guanidine groups is 1. The van der Waals surface area contributed by atoms with Crippen LogP contribution in [0.25, 0.3) is 0 Å². The van der Waals surface area contributed by atoms with Crippen LogP contribution in [0.5, 0.6) is 0 Å². The molecule has 2 N–H and O–H groups in total. The topological polar surface area (TPSA) is 118 Å². The van der Waals surface area contributed by atoms with E-state index in [1.165, 1.54) is 12.8 Å². The summed E-state index contributed by atoms with van der Waals surface area (Å²) < 4.78 is 0. The van der Waals surface area contributed by atoms with Crippen LogP contribution in [0.15, 0.2) is 28.3 Å². The summed E-state index contributed by atoms with van der Waals surface area (Å²) in [5.74, 6) is 0.698. The number of hydrogen-bond donors (Lipinski definition) is 2. The first-order valence-corrected chi connectivity index (χ1v) is 15.1. The number of carbonyl (C=O) groups excluding carboxylic acids is 2. The molecule has 0 unspecified atom stereocenters. The van der Waals surface area contributed by atoms with E-state index in [2.05, 4.69) is 42.5 Å². The third kappa shape index (κ3) is 3.30. The van der Waals surface area contributed by atoms with Crippen molar-refractivity contribution < 1.29 is 9.59 Å². The largest absolute Gasteiger partial charge is 0.350 e. The molecule has 0 amide bonds. The highest BCUT2D eigenvalue weighted by molar-refractivity contribution is 6.04. The Kier molecular flexibility index (Phi) is 5.66. The Morgan fingerprint density at radius 1 is 1.00 bits per heavy atom. The van der Waals surface area contributed by atoms with Crippen molar-refractivity contribution in [3.05, 3.63) is 23.3 Å². The number of nitrogens with one attached hydrogen (secondary N) is 2. The number of rotatable bonds is 1. The summed E-state index contributed by atoms with van der Waals surface area (Å²) in [7, 11) is 1.69. The zero-order chi connectivity index (χ0) is 28.9. The summed E-state index contributed by atoms with van der Waals surface area (Å²) in [5, 5.41) is 25.7. The maximum Gasteiger partial charge on any atom is 0.204 e. The number of hydrogen-bond acceptors (Lipinski definition) is 5. The van der Waals surface area contributed by atoms with E-state index in [-0.39, 0.29) is 51.3 Å². The fourth-order valence-electron chi connectivity index (χ4n) is 10.7. The molecule has 0 bridgehead atoms. The summed E-state index contributed by atoms with van der Waals surface area (Å²) in [6.07, 6.45) is 15.2. The van der Waals surface area contributed by atoms with Crippen LogP contribution in [0.2, 0.25) is 0 Å². The second-order valence-corrected chi connectivity index (χ2v) is 15.2. The molecule has 0 aromatic rings. The average Bonchev–Trinajstić information content (AvgIpc) is 3.67. The highest BCUT2D eigenvalue weighted by atomic mass is 16.1.